The maximum atomic E-state index is 14.2. The Morgan fingerprint density at radius 2 is 2.11 bits per heavy atom. The predicted octanol–water partition coefficient (Wildman–Crippen LogP) is 4.58. The minimum absolute atomic E-state index is 0.00134. The molecule has 0 fully saturated rings. The number of fused-ring (bicyclic) bond motifs is 1. The van der Waals surface area contributed by atoms with E-state index >= 15 is 0 Å². The number of hydrogen-bond acceptors (Lipinski definition) is 4. The van der Waals surface area contributed by atoms with Gasteiger partial charge in [0.1, 0.15) is 5.69 Å². The highest BCUT2D eigenvalue weighted by Gasteiger charge is 2.21. The number of carbonyl (C=O) groups excluding carboxylic acids is 1. The van der Waals surface area contributed by atoms with Crippen LogP contribution in [0.15, 0.2) is 47.1 Å². The van der Waals surface area contributed by atoms with Crippen molar-refractivity contribution < 1.29 is 13.6 Å². The first kappa shape index (κ1) is 17.2. The quantitative estimate of drug-likeness (QED) is 0.561. The van der Waals surface area contributed by atoms with Crippen molar-refractivity contribution in [1.29, 1.82) is 0 Å². The van der Waals surface area contributed by atoms with Crippen molar-refractivity contribution in [2.24, 2.45) is 7.05 Å². The molecule has 0 atom stereocenters. The van der Waals surface area contributed by atoms with Gasteiger partial charge in [-0.2, -0.15) is 5.10 Å². The molecule has 136 valence electrons. The van der Waals surface area contributed by atoms with Gasteiger partial charge in [-0.25, -0.2) is 9.37 Å². The Hall–Kier alpha value is -3.19. The van der Waals surface area contributed by atoms with Gasteiger partial charge in [0.25, 0.3) is 5.91 Å². The van der Waals surface area contributed by atoms with Gasteiger partial charge < -0.3 is 9.73 Å². The van der Waals surface area contributed by atoms with Gasteiger partial charge in [-0.1, -0.05) is 17.7 Å². The van der Waals surface area contributed by atoms with Gasteiger partial charge in [0, 0.05) is 7.05 Å². The number of aryl methyl sites for hydroxylation is 2. The summed E-state index contributed by atoms with van der Waals surface area (Å²) in [4.78, 5) is 17.5. The van der Waals surface area contributed by atoms with E-state index in [0.717, 1.165) is 0 Å². The molecule has 1 N–H and O–H groups in total. The number of furan rings is 1. The molecule has 0 radical (unpaired) electrons. The molecule has 0 aliphatic carbocycles. The molecule has 6 nitrogen and oxygen atoms in total. The van der Waals surface area contributed by atoms with E-state index in [0.29, 0.717) is 33.7 Å². The lowest BCUT2D eigenvalue weighted by molar-refractivity contribution is 0.102. The van der Waals surface area contributed by atoms with Crippen molar-refractivity contribution >= 4 is 34.2 Å². The highest BCUT2D eigenvalue weighted by Crippen LogP contribution is 2.29. The summed E-state index contributed by atoms with van der Waals surface area (Å²) in [5.41, 5.74) is 1.96. The minimum atomic E-state index is -0.688. The number of hydrogen-bond donors (Lipinski definition) is 1. The average molecular weight is 385 g/mol. The summed E-state index contributed by atoms with van der Waals surface area (Å²) in [5, 5.41) is 7.44. The van der Waals surface area contributed by atoms with Crippen LogP contribution in [-0.4, -0.2) is 20.7 Å². The molecule has 4 aromatic rings. The van der Waals surface area contributed by atoms with Gasteiger partial charge in [0.15, 0.2) is 17.2 Å². The fourth-order valence-corrected chi connectivity index (χ4v) is 3.14. The molecule has 0 unspecified atom stereocenters. The Morgan fingerprint density at radius 1 is 1.30 bits per heavy atom. The van der Waals surface area contributed by atoms with Crippen LogP contribution in [0.1, 0.15) is 16.1 Å². The second-order valence-electron chi connectivity index (χ2n) is 6.00. The second-order valence-corrected chi connectivity index (χ2v) is 6.40. The van der Waals surface area contributed by atoms with Crippen LogP contribution < -0.4 is 5.32 Å². The van der Waals surface area contributed by atoms with E-state index < -0.39 is 11.7 Å². The SMILES string of the molecule is Cc1nn(C)c2nc(-c3ccco3)cc(C(=O)Nc3cccc(Cl)c3F)c12. The molecular formula is C19H14ClFN4O2. The summed E-state index contributed by atoms with van der Waals surface area (Å²) in [5.74, 6) is -0.668. The molecule has 0 aliphatic heterocycles. The highest BCUT2D eigenvalue weighted by molar-refractivity contribution is 6.31. The average Bonchev–Trinajstić information content (AvgIpc) is 3.27. The minimum Gasteiger partial charge on any atom is -0.463 e. The van der Waals surface area contributed by atoms with E-state index in [1.54, 1.807) is 42.9 Å². The monoisotopic (exact) mass is 384 g/mol. The van der Waals surface area contributed by atoms with Crippen LogP contribution in [0.2, 0.25) is 5.02 Å². The number of halogens is 2. The fourth-order valence-electron chi connectivity index (χ4n) is 2.96. The van der Waals surface area contributed by atoms with Gasteiger partial charge in [-0.3, -0.25) is 9.48 Å². The van der Waals surface area contributed by atoms with Gasteiger partial charge in [0.2, 0.25) is 0 Å². The van der Waals surface area contributed by atoms with Crippen LogP contribution in [0.25, 0.3) is 22.5 Å². The van der Waals surface area contributed by atoms with E-state index in [9.17, 15) is 9.18 Å². The number of aromatic nitrogens is 3. The molecule has 0 saturated heterocycles. The zero-order valence-corrected chi connectivity index (χ0v) is 15.2. The molecule has 1 aromatic carbocycles. The summed E-state index contributed by atoms with van der Waals surface area (Å²) in [6.07, 6.45) is 1.52. The number of carbonyl (C=O) groups is 1. The zero-order valence-electron chi connectivity index (χ0n) is 14.5. The zero-order chi connectivity index (χ0) is 19.1. The smallest absolute Gasteiger partial charge is 0.256 e. The summed E-state index contributed by atoms with van der Waals surface area (Å²) in [7, 11) is 1.74. The van der Waals surface area contributed by atoms with Crippen molar-refractivity contribution in [3.63, 3.8) is 0 Å². The van der Waals surface area contributed by atoms with E-state index in [1.807, 2.05) is 0 Å². The summed E-state index contributed by atoms with van der Waals surface area (Å²) in [6.45, 7) is 1.79. The first-order valence-electron chi connectivity index (χ1n) is 8.09. The summed E-state index contributed by atoms with van der Waals surface area (Å²) >= 11 is 5.80. The number of anilines is 1. The molecule has 0 saturated carbocycles. The van der Waals surface area contributed by atoms with E-state index in [2.05, 4.69) is 15.4 Å². The Labute approximate surface area is 158 Å². The van der Waals surface area contributed by atoms with E-state index in [-0.39, 0.29) is 10.7 Å². The molecule has 27 heavy (non-hydrogen) atoms. The van der Waals surface area contributed by atoms with Gasteiger partial charge in [-0.15, -0.1) is 0 Å². The van der Waals surface area contributed by atoms with Gasteiger partial charge >= 0.3 is 0 Å². The number of pyridine rings is 1. The van der Waals surface area contributed by atoms with Crippen LogP contribution in [0.4, 0.5) is 10.1 Å². The van der Waals surface area contributed by atoms with Crippen molar-refractivity contribution in [2.45, 2.75) is 6.92 Å². The van der Waals surface area contributed by atoms with Crippen LogP contribution in [0.5, 0.6) is 0 Å². The number of amides is 1. The Morgan fingerprint density at radius 3 is 2.85 bits per heavy atom. The lowest BCUT2D eigenvalue weighted by Gasteiger charge is -2.10. The Balaban J connectivity index is 1.86. The van der Waals surface area contributed by atoms with Crippen molar-refractivity contribution in [1.82, 2.24) is 14.8 Å². The lowest BCUT2D eigenvalue weighted by atomic mass is 10.1. The van der Waals surface area contributed by atoms with Crippen molar-refractivity contribution in [2.75, 3.05) is 5.32 Å². The molecule has 1 amide bonds. The van der Waals surface area contributed by atoms with Crippen LogP contribution in [0.3, 0.4) is 0 Å². The number of benzene rings is 1. The second kappa shape index (κ2) is 6.51. The Bertz CT molecular complexity index is 1170. The normalized spacial score (nSPS) is 11.1. The molecule has 3 heterocycles. The number of nitrogens with one attached hydrogen (secondary N) is 1. The topological polar surface area (TPSA) is 73.0 Å². The van der Waals surface area contributed by atoms with Crippen LogP contribution in [-0.2, 0) is 7.05 Å². The van der Waals surface area contributed by atoms with Crippen molar-refractivity contribution in [3.05, 3.63) is 64.8 Å². The molecule has 4 rings (SSSR count). The Kier molecular flexibility index (Phi) is 4.16. The maximum Gasteiger partial charge on any atom is 0.256 e. The third-order valence-electron chi connectivity index (χ3n) is 4.19. The first-order valence-corrected chi connectivity index (χ1v) is 8.47. The predicted molar refractivity (Wildman–Crippen MR) is 100 cm³/mol. The van der Waals surface area contributed by atoms with Crippen LogP contribution in [0, 0.1) is 12.7 Å². The number of rotatable bonds is 3. The fraction of sp³-hybridized carbons (Fsp3) is 0.105. The third kappa shape index (κ3) is 2.96. The van der Waals surface area contributed by atoms with E-state index in [1.165, 1.54) is 18.4 Å². The molecule has 0 bridgehead atoms. The molecule has 3 aromatic heterocycles. The largest absolute Gasteiger partial charge is 0.463 e. The van der Waals surface area contributed by atoms with Crippen LogP contribution >= 0.6 is 11.6 Å². The summed E-state index contributed by atoms with van der Waals surface area (Å²) in [6, 6.07) is 9.51. The van der Waals surface area contributed by atoms with E-state index in [4.69, 9.17) is 16.0 Å². The molecule has 0 aliphatic rings. The summed E-state index contributed by atoms with van der Waals surface area (Å²) < 4.78 is 21.2. The van der Waals surface area contributed by atoms with Gasteiger partial charge in [0.05, 0.1) is 33.6 Å². The van der Waals surface area contributed by atoms with Crippen molar-refractivity contribution in [3.8, 4) is 11.5 Å². The first-order chi connectivity index (χ1) is 13.0. The molecule has 8 heteroatoms. The lowest BCUT2D eigenvalue weighted by Crippen LogP contribution is -2.14. The van der Waals surface area contributed by atoms with Gasteiger partial charge in [-0.05, 0) is 37.3 Å². The highest BCUT2D eigenvalue weighted by atomic mass is 35.5. The third-order valence-corrected chi connectivity index (χ3v) is 4.48. The number of nitrogens with zero attached hydrogens (tertiary/aromatic N) is 3. The molecule has 0 spiro atoms. The standard InChI is InChI=1S/C19H14ClFN4O2/c1-10-16-11(19(26)23-13-6-3-5-12(20)17(13)21)9-14(15-7-4-8-27-15)22-18(16)25(2)24-10/h3-9H,1-2H3,(H,23,26). The molecular weight excluding hydrogens is 371 g/mol. The maximum absolute atomic E-state index is 14.2.